The number of hydrogen-bond acceptors (Lipinski definition) is 5. The Morgan fingerprint density at radius 1 is 0.842 bits per heavy atom. The molecule has 2 aliphatic heterocycles. The van der Waals surface area contributed by atoms with Gasteiger partial charge in [-0.1, -0.05) is 66.0 Å². The molecule has 5 nitrogen and oxygen atoms in total. The molecule has 0 saturated carbocycles. The minimum absolute atomic E-state index is 0.374. The van der Waals surface area contributed by atoms with Crippen LogP contribution in [0.5, 0.6) is 11.5 Å². The Morgan fingerprint density at radius 2 is 1.63 bits per heavy atom. The van der Waals surface area contributed by atoms with Crippen LogP contribution in [0.1, 0.15) is 51.5 Å². The molecule has 2 heterocycles. The highest BCUT2D eigenvalue weighted by molar-refractivity contribution is 6.49. The lowest BCUT2D eigenvalue weighted by Gasteiger charge is -2.37. The number of nitrogens with one attached hydrogen (secondary N) is 2. The Kier molecular flexibility index (Phi) is 5.82. The SMILES string of the molecule is CCC(Cl)(Cl)Nc1ccc2c(c1)Oc1ccc(Nc3ccc(C)cc3C)cc1C21OC(=O)c2ccccc21. The highest BCUT2D eigenvalue weighted by Crippen LogP contribution is 2.57. The van der Waals surface area contributed by atoms with Crippen LogP contribution in [0.3, 0.4) is 0 Å². The van der Waals surface area contributed by atoms with Gasteiger partial charge >= 0.3 is 5.97 Å². The Labute approximate surface area is 231 Å². The van der Waals surface area contributed by atoms with Crippen molar-refractivity contribution in [2.75, 3.05) is 10.6 Å². The van der Waals surface area contributed by atoms with E-state index in [0.717, 1.165) is 33.6 Å². The number of anilines is 3. The van der Waals surface area contributed by atoms with Gasteiger partial charge in [-0.2, -0.15) is 0 Å². The van der Waals surface area contributed by atoms with E-state index in [1.54, 1.807) is 6.07 Å². The average Bonchev–Trinajstić information content (AvgIpc) is 3.19. The molecule has 0 radical (unpaired) electrons. The zero-order valence-corrected chi connectivity index (χ0v) is 22.7. The summed E-state index contributed by atoms with van der Waals surface area (Å²) >= 11 is 12.7. The van der Waals surface area contributed by atoms with Crippen LogP contribution in [0.25, 0.3) is 0 Å². The fourth-order valence-corrected chi connectivity index (χ4v) is 5.46. The number of alkyl halides is 2. The van der Waals surface area contributed by atoms with Gasteiger partial charge in [0.25, 0.3) is 0 Å². The van der Waals surface area contributed by atoms with Crippen molar-refractivity contribution in [3.8, 4) is 11.5 Å². The van der Waals surface area contributed by atoms with E-state index in [4.69, 9.17) is 32.7 Å². The topological polar surface area (TPSA) is 59.6 Å². The summed E-state index contributed by atoms with van der Waals surface area (Å²) in [5, 5.41) is 6.65. The number of carbonyl (C=O) groups excluding carboxylic acids is 1. The van der Waals surface area contributed by atoms with Gasteiger partial charge in [0.1, 0.15) is 11.5 Å². The van der Waals surface area contributed by atoms with Crippen molar-refractivity contribution >= 4 is 46.2 Å². The number of fused-ring (bicyclic) bond motifs is 6. The molecule has 6 rings (SSSR count). The minimum atomic E-state index is -1.17. The van der Waals surface area contributed by atoms with Crippen LogP contribution in [-0.2, 0) is 10.3 Å². The van der Waals surface area contributed by atoms with E-state index >= 15 is 0 Å². The largest absolute Gasteiger partial charge is 0.456 e. The van der Waals surface area contributed by atoms with Crippen molar-refractivity contribution in [2.45, 2.75) is 37.3 Å². The van der Waals surface area contributed by atoms with E-state index in [9.17, 15) is 4.79 Å². The van der Waals surface area contributed by atoms with Crippen LogP contribution in [0.15, 0.2) is 78.9 Å². The molecule has 1 unspecified atom stereocenters. The third kappa shape index (κ3) is 3.98. The summed E-state index contributed by atoms with van der Waals surface area (Å²) in [6.45, 7) is 6.04. The van der Waals surface area contributed by atoms with E-state index in [2.05, 4.69) is 42.7 Å². The number of esters is 1. The van der Waals surface area contributed by atoms with Crippen molar-refractivity contribution in [3.05, 3.63) is 112 Å². The molecule has 1 atom stereocenters. The molecule has 0 aliphatic carbocycles. The minimum Gasteiger partial charge on any atom is -0.456 e. The summed E-state index contributed by atoms with van der Waals surface area (Å²) in [5.74, 6) is 0.784. The molecule has 4 aromatic rings. The molecule has 2 N–H and O–H groups in total. The van der Waals surface area contributed by atoms with Gasteiger partial charge in [0, 0.05) is 39.8 Å². The lowest BCUT2D eigenvalue weighted by atomic mass is 9.77. The molecule has 38 heavy (non-hydrogen) atoms. The molecule has 7 heteroatoms. The summed E-state index contributed by atoms with van der Waals surface area (Å²) in [7, 11) is 0. The highest BCUT2D eigenvalue weighted by Gasteiger charge is 2.53. The molecule has 0 amide bonds. The number of ether oxygens (including phenoxy) is 2. The lowest BCUT2D eigenvalue weighted by Crippen LogP contribution is -2.33. The predicted octanol–water partition coefficient (Wildman–Crippen LogP) is 8.57. The van der Waals surface area contributed by atoms with Gasteiger partial charge in [0.15, 0.2) is 10.1 Å². The van der Waals surface area contributed by atoms with E-state index in [0.29, 0.717) is 29.2 Å². The lowest BCUT2D eigenvalue weighted by molar-refractivity contribution is 0.0224. The molecule has 0 aromatic heterocycles. The summed E-state index contributed by atoms with van der Waals surface area (Å²) in [6, 6.07) is 25.2. The van der Waals surface area contributed by atoms with E-state index in [-0.39, 0.29) is 5.97 Å². The zero-order chi connectivity index (χ0) is 26.7. The normalized spacial score (nSPS) is 17.2. The first-order chi connectivity index (χ1) is 18.2. The third-order valence-corrected chi connectivity index (χ3v) is 7.87. The van der Waals surface area contributed by atoms with Crippen molar-refractivity contribution in [1.29, 1.82) is 0 Å². The number of halogens is 2. The van der Waals surface area contributed by atoms with Gasteiger partial charge in [-0.05, 0) is 68.3 Å². The standard InChI is InChI=1S/C31H26Cl2N2O3/c1-4-30(32,33)35-21-10-12-24-28(17-21)37-27-14-11-20(34-26-13-9-18(2)15-19(26)3)16-25(27)31(24)23-8-6-5-7-22(23)29(36)38-31/h5-17,34-35H,4H2,1-3H3. The van der Waals surface area contributed by atoms with Crippen LogP contribution < -0.4 is 15.4 Å². The third-order valence-electron chi connectivity index (χ3n) is 7.14. The number of hydrogen-bond donors (Lipinski definition) is 2. The molecule has 192 valence electrons. The quantitative estimate of drug-likeness (QED) is 0.149. The summed E-state index contributed by atoms with van der Waals surface area (Å²) in [5.41, 5.74) is 6.51. The monoisotopic (exact) mass is 544 g/mol. The zero-order valence-electron chi connectivity index (χ0n) is 21.2. The molecular formula is C31H26Cl2N2O3. The molecule has 4 aromatic carbocycles. The fourth-order valence-electron chi connectivity index (χ4n) is 5.24. The van der Waals surface area contributed by atoms with Crippen molar-refractivity contribution in [1.82, 2.24) is 0 Å². The maximum absolute atomic E-state index is 13.2. The van der Waals surface area contributed by atoms with Crippen molar-refractivity contribution in [2.24, 2.45) is 0 Å². The predicted molar refractivity (Wildman–Crippen MR) is 152 cm³/mol. The average molecular weight is 545 g/mol. The van der Waals surface area contributed by atoms with Crippen LogP contribution >= 0.6 is 23.2 Å². The van der Waals surface area contributed by atoms with Gasteiger partial charge in [0.2, 0.25) is 0 Å². The first kappa shape index (κ1) is 24.7. The van der Waals surface area contributed by atoms with Gasteiger partial charge in [-0.3, -0.25) is 0 Å². The summed E-state index contributed by atoms with van der Waals surface area (Å²) < 4.78 is 11.6. The number of benzene rings is 4. The Balaban J connectivity index is 1.51. The van der Waals surface area contributed by atoms with Gasteiger partial charge in [0.05, 0.1) is 5.56 Å². The number of aryl methyl sites for hydroxylation is 2. The number of rotatable bonds is 5. The molecule has 0 fully saturated rings. The van der Waals surface area contributed by atoms with Gasteiger partial charge in [-0.15, -0.1) is 0 Å². The van der Waals surface area contributed by atoms with Crippen LogP contribution in [0.2, 0.25) is 0 Å². The summed E-state index contributed by atoms with van der Waals surface area (Å²) in [4.78, 5) is 13.2. The second-order valence-electron chi connectivity index (χ2n) is 9.77. The Morgan fingerprint density at radius 3 is 2.42 bits per heavy atom. The Hall–Kier alpha value is -3.67. The molecular weight excluding hydrogens is 519 g/mol. The van der Waals surface area contributed by atoms with E-state index < -0.39 is 10.1 Å². The van der Waals surface area contributed by atoms with Gasteiger partial charge in [-0.25, -0.2) is 4.79 Å². The van der Waals surface area contributed by atoms with Crippen LogP contribution in [0, 0.1) is 13.8 Å². The highest BCUT2D eigenvalue weighted by atomic mass is 35.5. The number of carbonyl (C=O) groups is 1. The van der Waals surface area contributed by atoms with Crippen LogP contribution in [-0.4, -0.2) is 10.4 Å². The van der Waals surface area contributed by atoms with Gasteiger partial charge < -0.3 is 20.1 Å². The fraction of sp³-hybridized carbons (Fsp3) is 0.194. The smallest absolute Gasteiger partial charge is 0.340 e. The summed E-state index contributed by atoms with van der Waals surface area (Å²) in [6.07, 6.45) is 0.502. The van der Waals surface area contributed by atoms with Crippen molar-refractivity contribution in [3.63, 3.8) is 0 Å². The molecule has 0 saturated heterocycles. The first-order valence-corrected chi connectivity index (χ1v) is 13.3. The van der Waals surface area contributed by atoms with Crippen LogP contribution in [0.4, 0.5) is 17.1 Å². The maximum atomic E-state index is 13.2. The first-order valence-electron chi connectivity index (χ1n) is 12.5. The van der Waals surface area contributed by atoms with Crippen molar-refractivity contribution < 1.29 is 14.3 Å². The van der Waals surface area contributed by atoms with E-state index in [1.807, 2.05) is 61.5 Å². The maximum Gasteiger partial charge on any atom is 0.340 e. The molecule has 1 spiro atoms. The second-order valence-corrected chi connectivity index (χ2v) is 11.3. The Bertz CT molecular complexity index is 1600. The molecule has 2 aliphatic rings. The molecule has 0 bridgehead atoms. The second kappa shape index (κ2) is 8.97. The van der Waals surface area contributed by atoms with E-state index in [1.165, 1.54) is 5.56 Å².